The first-order valence-electron chi connectivity index (χ1n) is 8.75. The minimum absolute atomic E-state index is 0.0142. The molecule has 0 aliphatic rings. The molecule has 0 saturated heterocycles. The molecule has 1 amide bonds. The van der Waals surface area contributed by atoms with Crippen molar-refractivity contribution in [3.8, 4) is 5.75 Å². The van der Waals surface area contributed by atoms with Gasteiger partial charge in [0.05, 0.1) is 11.5 Å². The molecule has 0 spiro atoms. The summed E-state index contributed by atoms with van der Waals surface area (Å²) in [5, 5.41) is 12.5. The average molecular weight is 396 g/mol. The summed E-state index contributed by atoms with van der Waals surface area (Å²) in [5.41, 5.74) is 6.07. The molecule has 0 aliphatic heterocycles. The number of aliphatic hydroxyl groups is 1. The van der Waals surface area contributed by atoms with Gasteiger partial charge in [0, 0.05) is 12.6 Å². The molecule has 0 fully saturated rings. The van der Waals surface area contributed by atoms with Crippen LogP contribution in [0.4, 0.5) is 13.2 Å². The first-order chi connectivity index (χ1) is 13.2. The second-order valence-electron chi connectivity index (χ2n) is 6.46. The van der Waals surface area contributed by atoms with Gasteiger partial charge < -0.3 is 20.9 Å². The van der Waals surface area contributed by atoms with E-state index >= 15 is 0 Å². The van der Waals surface area contributed by atoms with Crippen LogP contribution in [0.3, 0.4) is 0 Å². The van der Waals surface area contributed by atoms with Crippen LogP contribution in [0.2, 0.25) is 0 Å². The standard InChI is InChI=1S/C20H23F3N2O3/c1-13(18(24)14-6-3-2-4-7-14)19(27)25-11-16(26)12-28-17-9-5-8-15(10-17)20(21,22)23/h2-10,13,16,18,26H,11-12,24H2,1H3,(H,25,27). The van der Waals surface area contributed by atoms with Crippen LogP contribution < -0.4 is 15.8 Å². The molecule has 0 radical (unpaired) electrons. The second-order valence-corrected chi connectivity index (χ2v) is 6.46. The summed E-state index contributed by atoms with van der Waals surface area (Å²) in [6.07, 6.45) is -5.56. The fraction of sp³-hybridized carbons (Fsp3) is 0.350. The number of amides is 1. The second kappa shape index (κ2) is 9.57. The maximum absolute atomic E-state index is 12.7. The summed E-state index contributed by atoms with van der Waals surface area (Å²) in [4.78, 5) is 12.2. The largest absolute Gasteiger partial charge is 0.491 e. The maximum atomic E-state index is 12.7. The molecule has 2 rings (SSSR count). The van der Waals surface area contributed by atoms with Crippen LogP contribution in [0.15, 0.2) is 54.6 Å². The van der Waals surface area contributed by atoms with E-state index in [1.54, 1.807) is 6.92 Å². The average Bonchev–Trinajstić information content (AvgIpc) is 2.69. The van der Waals surface area contributed by atoms with Crippen molar-refractivity contribution in [2.24, 2.45) is 11.7 Å². The third-order valence-corrected chi connectivity index (χ3v) is 4.25. The van der Waals surface area contributed by atoms with Gasteiger partial charge in [-0.15, -0.1) is 0 Å². The van der Waals surface area contributed by atoms with Gasteiger partial charge in [-0.1, -0.05) is 43.3 Å². The van der Waals surface area contributed by atoms with Crippen molar-refractivity contribution in [1.29, 1.82) is 0 Å². The van der Waals surface area contributed by atoms with Crippen LogP contribution in [0, 0.1) is 5.92 Å². The van der Waals surface area contributed by atoms with Crippen molar-refractivity contribution in [2.45, 2.75) is 25.2 Å². The van der Waals surface area contributed by atoms with Crippen molar-refractivity contribution in [2.75, 3.05) is 13.2 Å². The molecule has 0 aliphatic carbocycles. The van der Waals surface area contributed by atoms with Crippen LogP contribution in [-0.2, 0) is 11.0 Å². The molecule has 2 aromatic carbocycles. The van der Waals surface area contributed by atoms with E-state index in [-0.39, 0.29) is 24.8 Å². The zero-order valence-corrected chi connectivity index (χ0v) is 15.3. The van der Waals surface area contributed by atoms with Crippen LogP contribution in [0.5, 0.6) is 5.75 Å². The van der Waals surface area contributed by atoms with Gasteiger partial charge in [-0.25, -0.2) is 0 Å². The Morgan fingerprint density at radius 3 is 2.50 bits per heavy atom. The minimum Gasteiger partial charge on any atom is -0.491 e. The van der Waals surface area contributed by atoms with E-state index in [2.05, 4.69) is 5.32 Å². The van der Waals surface area contributed by atoms with Gasteiger partial charge in [0.15, 0.2) is 0 Å². The molecule has 0 bridgehead atoms. The lowest BCUT2D eigenvalue weighted by molar-refractivity contribution is -0.137. The normalized spacial score (nSPS) is 14.8. The van der Waals surface area contributed by atoms with Gasteiger partial charge >= 0.3 is 6.18 Å². The topological polar surface area (TPSA) is 84.6 Å². The SMILES string of the molecule is CC(C(=O)NCC(O)COc1cccc(C(F)(F)F)c1)C(N)c1ccccc1. The fourth-order valence-electron chi connectivity index (χ4n) is 2.52. The molecule has 0 saturated carbocycles. The number of nitrogens with one attached hydrogen (secondary N) is 1. The zero-order chi connectivity index (χ0) is 20.7. The molecule has 152 valence electrons. The van der Waals surface area contributed by atoms with Crippen LogP contribution in [0.1, 0.15) is 24.1 Å². The van der Waals surface area contributed by atoms with Crippen molar-refractivity contribution < 1.29 is 27.8 Å². The predicted octanol–water partition coefficient (Wildman–Crippen LogP) is 2.90. The third-order valence-electron chi connectivity index (χ3n) is 4.25. The molecule has 8 heteroatoms. The number of nitrogens with two attached hydrogens (primary N) is 1. The van der Waals surface area contributed by atoms with E-state index in [9.17, 15) is 23.1 Å². The Morgan fingerprint density at radius 1 is 1.18 bits per heavy atom. The summed E-state index contributed by atoms with van der Waals surface area (Å²) in [6, 6.07) is 13.0. The Balaban J connectivity index is 1.80. The van der Waals surface area contributed by atoms with E-state index in [1.165, 1.54) is 12.1 Å². The zero-order valence-electron chi connectivity index (χ0n) is 15.3. The van der Waals surface area contributed by atoms with Crippen LogP contribution in [0.25, 0.3) is 0 Å². The lowest BCUT2D eigenvalue weighted by Gasteiger charge is -2.21. The summed E-state index contributed by atoms with van der Waals surface area (Å²) in [6.45, 7) is 1.31. The number of halogens is 3. The summed E-state index contributed by atoms with van der Waals surface area (Å²) in [5.74, 6) is -0.881. The highest BCUT2D eigenvalue weighted by Gasteiger charge is 2.30. The molecule has 3 unspecified atom stereocenters. The highest BCUT2D eigenvalue weighted by atomic mass is 19.4. The predicted molar refractivity (Wildman–Crippen MR) is 98.5 cm³/mol. The van der Waals surface area contributed by atoms with Gasteiger partial charge in [-0.05, 0) is 23.8 Å². The number of alkyl halides is 3. The highest BCUT2D eigenvalue weighted by Crippen LogP contribution is 2.31. The smallest absolute Gasteiger partial charge is 0.416 e. The number of carbonyl (C=O) groups excluding carboxylic acids is 1. The number of benzene rings is 2. The Hall–Kier alpha value is -2.58. The van der Waals surface area contributed by atoms with Crippen LogP contribution in [-0.4, -0.2) is 30.3 Å². The molecule has 4 N–H and O–H groups in total. The van der Waals surface area contributed by atoms with E-state index in [0.717, 1.165) is 17.7 Å². The lowest BCUT2D eigenvalue weighted by atomic mass is 9.94. The Bertz CT molecular complexity index is 769. The molecule has 0 heterocycles. The number of rotatable bonds is 8. The summed E-state index contributed by atoms with van der Waals surface area (Å²) in [7, 11) is 0. The van der Waals surface area contributed by atoms with E-state index in [0.29, 0.717) is 0 Å². The number of carbonyl (C=O) groups is 1. The number of hydrogen-bond acceptors (Lipinski definition) is 4. The van der Waals surface area contributed by atoms with Crippen molar-refractivity contribution >= 4 is 5.91 Å². The Labute approximate surface area is 161 Å². The van der Waals surface area contributed by atoms with Crippen molar-refractivity contribution in [3.05, 3.63) is 65.7 Å². The fourth-order valence-corrected chi connectivity index (χ4v) is 2.52. The third kappa shape index (κ3) is 6.24. The van der Waals surface area contributed by atoms with Crippen molar-refractivity contribution in [3.63, 3.8) is 0 Å². The highest BCUT2D eigenvalue weighted by molar-refractivity contribution is 5.79. The van der Waals surface area contributed by atoms with Crippen molar-refractivity contribution in [1.82, 2.24) is 5.32 Å². The number of hydrogen-bond donors (Lipinski definition) is 3. The quantitative estimate of drug-likeness (QED) is 0.641. The molecule has 2 aromatic rings. The monoisotopic (exact) mass is 396 g/mol. The molecule has 28 heavy (non-hydrogen) atoms. The molecule has 0 aromatic heterocycles. The van der Waals surface area contributed by atoms with E-state index in [4.69, 9.17) is 10.5 Å². The molecule has 5 nitrogen and oxygen atoms in total. The minimum atomic E-state index is -4.47. The Kier molecular flexibility index (Phi) is 7.42. The van der Waals surface area contributed by atoms with Gasteiger partial charge in [-0.2, -0.15) is 13.2 Å². The van der Waals surface area contributed by atoms with E-state index in [1.807, 2.05) is 30.3 Å². The van der Waals surface area contributed by atoms with Gasteiger partial charge in [0.25, 0.3) is 0 Å². The first kappa shape index (κ1) is 21.7. The number of aliphatic hydroxyl groups excluding tert-OH is 1. The van der Waals surface area contributed by atoms with Gasteiger partial charge in [-0.3, -0.25) is 4.79 Å². The lowest BCUT2D eigenvalue weighted by Crippen LogP contribution is -2.40. The van der Waals surface area contributed by atoms with Gasteiger partial charge in [0.1, 0.15) is 18.5 Å². The van der Waals surface area contributed by atoms with Crippen LogP contribution >= 0.6 is 0 Å². The van der Waals surface area contributed by atoms with Gasteiger partial charge in [0.2, 0.25) is 5.91 Å². The first-order valence-corrected chi connectivity index (χ1v) is 8.75. The number of ether oxygens (including phenoxy) is 1. The summed E-state index contributed by atoms with van der Waals surface area (Å²) >= 11 is 0. The Morgan fingerprint density at radius 2 is 1.86 bits per heavy atom. The van der Waals surface area contributed by atoms with E-state index < -0.39 is 29.8 Å². The summed E-state index contributed by atoms with van der Waals surface area (Å²) < 4.78 is 43.2. The molecular formula is C20H23F3N2O3. The maximum Gasteiger partial charge on any atom is 0.416 e. The molecule has 3 atom stereocenters. The molecular weight excluding hydrogens is 373 g/mol.